The number of nitrogens with zero attached hydrogens (tertiary/aromatic N) is 2. The van der Waals surface area contributed by atoms with Gasteiger partial charge in [0.1, 0.15) is 0 Å². The van der Waals surface area contributed by atoms with Gasteiger partial charge in [-0.1, -0.05) is 0 Å². The highest BCUT2D eigenvalue weighted by molar-refractivity contribution is 5.51. The predicted octanol–water partition coefficient (Wildman–Crippen LogP) is 2.08. The number of hydrogen-bond acceptors (Lipinski definition) is 3. The van der Waals surface area contributed by atoms with Crippen LogP contribution in [0.1, 0.15) is 16.7 Å². The Morgan fingerprint density at radius 3 is 2.15 bits per heavy atom. The van der Waals surface area contributed by atoms with Crippen LogP contribution in [0.25, 0.3) is 0 Å². The molecule has 4 heteroatoms. The predicted molar refractivity (Wildman–Crippen MR) is 47.3 cm³/mol. The van der Waals surface area contributed by atoms with Crippen molar-refractivity contribution < 1.29 is 4.92 Å². The molecule has 0 fully saturated rings. The Bertz CT molecular complexity index is 382. The maximum absolute atomic E-state index is 10.6. The van der Waals surface area contributed by atoms with Crippen LogP contribution >= 0.6 is 0 Å². The van der Waals surface area contributed by atoms with E-state index in [4.69, 9.17) is 5.26 Å². The zero-order chi connectivity index (χ0) is 10.0. The third-order valence-electron chi connectivity index (χ3n) is 1.80. The highest BCUT2D eigenvalue weighted by atomic mass is 16.6. The SMILES string of the molecule is Cc1cc(C#N)cc(C)c1[N+](=O)[O-]. The number of hydrogen-bond donors (Lipinski definition) is 0. The average molecular weight is 176 g/mol. The first-order chi connectivity index (χ1) is 6.06. The Labute approximate surface area is 75.6 Å². The van der Waals surface area contributed by atoms with E-state index >= 15 is 0 Å². The second kappa shape index (κ2) is 3.23. The van der Waals surface area contributed by atoms with Crippen LogP contribution in [0, 0.1) is 35.3 Å². The number of benzene rings is 1. The van der Waals surface area contributed by atoms with Gasteiger partial charge < -0.3 is 0 Å². The lowest BCUT2D eigenvalue weighted by Crippen LogP contribution is -1.95. The minimum Gasteiger partial charge on any atom is -0.258 e. The molecule has 66 valence electrons. The van der Waals surface area contributed by atoms with Crippen LogP contribution in [0.5, 0.6) is 0 Å². The van der Waals surface area contributed by atoms with Gasteiger partial charge in [-0.25, -0.2) is 0 Å². The fourth-order valence-corrected chi connectivity index (χ4v) is 1.31. The van der Waals surface area contributed by atoms with E-state index in [9.17, 15) is 10.1 Å². The Balaban J connectivity index is 3.42. The van der Waals surface area contributed by atoms with Crippen LogP contribution in [-0.2, 0) is 0 Å². The molecule has 0 aliphatic rings. The molecule has 1 aromatic rings. The number of aryl methyl sites for hydroxylation is 2. The number of nitriles is 1. The molecule has 0 saturated heterocycles. The molecule has 0 aromatic heterocycles. The summed E-state index contributed by atoms with van der Waals surface area (Å²) in [5.74, 6) is 0. The van der Waals surface area contributed by atoms with E-state index in [1.165, 1.54) is 12.1 Å². The molecule has 0 heterocycles. The van der Waals surface area contributed by atoms with Crippen molar-refractivity contribution in [2.24, 2.45) is 0 Å². The minimum absolute atomic E-state index is 0.0963. The van der Waals surface area contributed by atoms with Crippen LogP contribution in [-0.4, -0.2) is 4.92 Å². The van der Waals surface area contributed by atoms with Gasteiger partial charge in [0.2, 0.25) is 0 Å². The third-order valence-corrected chi connectivity index (χ3v) is 1.80. The molecule has 1 aromatic carbocycles. The summed E-state index contributed by atoms with van der Waals surface area (Å²) in [4.78, 5) is 10.1. The van der Waals surface area contributed by atoms with Gasteiger partial charge in [-0.05, 0) is 26.0 Å². The van der Waals surface area contributed by atoms with Gasteiger partial charge in [0.25, 0.3) is 5.69 Å². The van der Waals surface area contributed by atoms with Gasteiger partial charge in [0, 0.05) is 11.1 Å². The van der Waals surface area contributed by atoms with Crippen molar-refractivity contribution in [1.29, 1.82) is 5.26 Å². The molecule has 0 saturated carbocycles. The minimum atomic E-state index is -0.425. The van der Waals surface area contributed by atoms with Crippen molar-refractivity contribution in [3.63, 3.8) is 0 Å². The molecule has 13 heavy (non-hydrogen) atoms. The molecule has 4 nitrogen and oxygen atoms in total. The Morgan fingerprint density at radius 1 is 1.38 bits per heavy atom. The first kappa shape index (κ1) is 9.20. The van der Waals surface area contributed by atoms with Gasteiger partial charge in [0.15, 0.2) is 0 Å². The Hall–Kier alpha value is -1.89. The molecule has 0 radical (unpaired) electrons. The molecule has 0 unspecified atom stereocenters. The van der Waals surface area contributed by atoms with Gasteiger partial charge in [-0.15, -0.1) is 0 Å². The summed E-state index contributed by atoms with van der Waals surface area (Å²) in [5, 5.41) is 19.2. The summed E-state index contributed by atoms with van der Waals surface area (Å²) in [6.45, 7) is 3.26. The van der Waals surface area contributed by atoms with E-state index in [0.717, 1.165) is 0 Å². The zero-order valence-electron chi connectivity index (χ0n) is 7.37. The first-order valence-corrected chi connectivity index (χ1v) is 3.72. The average Bonchev–Trinajstić information content (AvgIpc) is 2.02. The molecule has 1 rings (SSSR count). The van der Waals surface area contributed by atoms with Crippen molar-refractivity contribution in [3.8, 4) is 6.07 Å². The van der Waals surface area contributed by atoms with Crippen LogP contribution in [0.2, 0.25) is 0 Å². The third kappa shape index (κ3) is 1.64. The monoisotopic (exact) mass is 176 g/mol. The summed E-state index contributed by atoms with van der Waals surface area (Å²) in [7, 11) is 0. The van der Waals surface area contributed by atoms with E-state index in [2.05, 4.69) is 0 Å². The smallest absolute Gasteiger partial charge is 0.258 e. The van der Waals surface area contributed by atoms with Crippen LogP contribution in [0.4, 0.5) is 5.69 Å². The maximum Gasteiger partial charge on any atom is 0.275 e. The van der Waals surface area contributed by atoms with E-state index in [-0.39, 0.29) is 5.69 Å². The Kier molecular flexibility index (Phi) is 2.29. The summed E-state index contributed by atoms with van der Waals surface area (Å²) >= 11 is 0. The fraction of sp³-hybridized carbons (Fsp3) is 0.222. The lowest BCUT2D eigenvalue weighted by atomic mass is 10.1. The van der Waals surface area contributed by atoms with Crippen LogP contribution in [0.3, 0.4) is 0 Å². The van der Waals surface area contributed by atoms with Crippen molar-refractivity contribution in [1.82, 2.24) is 0 Å². The molecule has 0 aliphatic carbocycles. The second-order valence-corrected chi connectivity index (χ2v) is 2.83. The fourth-order valence-electron chi connectivity index (χ4n) is 1.31. The number of rotatable bonds is 1. The molecular weight excluding hydrogens is 168 g/mol. The van der Waals surface area contributed by atoms with Crippen LogP contribution in [0.15, 0.2) is 12.1 Å². The highest BCUT2D eigenvalue weighted by Crippen LogP contribution is 2.23. The number of nitro groups is 1. The summed E-state index contributed by atoms with van der Waals surface area (Å²) in [6.07, 6.45) is 0. The molecule has 0 atom stereocenters. The van der Waals surface area contributed by atoms with E-state index in [0.29, 0.717) is 16.7 Å². The second-order valence-electron chi connectivity index (χ2n) is 2.83. The van der Waals surface area contributed by atoms with Crippen molar-refractivity contribution in [3.05, 3.63) is 38.9 Å². The molecule has 0 amide bonds. The van der Waals surface area contributed by atoms with Gasteiger partial charge in [0.05, 0.1) is 16.6 Å². The lowest BCUT2D eigenvalue weighted by Gasteiger charge is -2.00. The topological polar surface area (TPSA) is 66.9 Å². The standard InChI is InChI=1S/C9H8N2O2/c1-6-3-8(5-10)4-7(2)9(6)11(12)13/h3-4H,1-2H3. The van der Waals surface area contributed by atoms with E-state index < -0.39 is 4.92 Å². The van der Waals surface area contributed by atoms with Gasteiger partial charge in [-0.3, -0.25) is 10.1 Å². The summed E-state index contributed by atoms with van der Waals surface area (Å²) in [5.41, 5.74) is 1.61. The quantitative estimate of drug-likeness (QED) is 0.486. The molecule has 0 bridgehead atoms. The van der Waals surface area contributed by atoms with Crippen molar-refractivity contribution in [2.75, 3.05) is 0 Å². The lowest BCUT2D eigenvalue weighted by molar-refractivity contribution is -0.386. The van der Waals surface area contributed by atoms with E-state index in [1.807, 2.05) is 6.07 Å². The van der Waals surface area contributed by atoms with Crippen LogP contribution < -0.4 is 0 Å². The zero-order valence-corrected chi connectivity index (χ0v) is 7.37. The Morgan fingerprint density at radius 2 is 1.85 bits per heavy atom. The largest absolute Gasteiger partial charge is 0.275 e. The van der Waals surface area contributed by atoms with Gasteiger partial charge in [-0.2, -0.15) is 5.26 Å². The molecule has 0 aliphatic heterocycles. The maximum atomic E-state index is 10.6. The summed E-state index contributed by atoms with van der Waals surface area (Å²) in [6, 6.07) is 4.99. The molecular formula is C9H8N2O2. The van der Waals surface area contributed by atoms with Gasteiger partial charge >= 0.3 is 0 Å². The molecule has 0 spiro atoms. The van der Waals surface area contributed by atoms with Crippen molar-refractivity contribution >= 4 is 5.69 Å². The normalized spacial score (nSPS) is 9.31. The van der Waals surface area contributed by atoms with Crippen molar-refractivity contribution in [2.45, 2.75) is 13.8 Å². The first-order valence-electron chi connectivity index (χ1n) is 3.72. The number of nitro benzene ring substituents is 1. The summed E-state index contributed by atoms with van der Waals surface area (Å²) < 4.78 is 0. The highest BCUT2D eigenvalue weighted by Gasteiger charge is 2.14. The molecule has 0 N–H and O–H groups in total. The van der Waals surface area contributed by atoms with E-state index in [1.54, 1.807) is 13.8 Å².